The van der Waals surface area contributed by atoms with Gasteiger partial charge in [-0.2, -0.15) is 5.10 Å². The Bertz CT molecular complexity index is 521. The lowest BCUT2D eigenvalue weighted by molar-refractivity contribution is -0.384. The van der Waals surface area contributed by atoms with Gasteiger partial charge in [0.05, 0.1) is 16.2 Å². The number of nitro benzene ring substituents is 1. The highest BCUT2D eigenvalue weighted by atomic mass is 16.6. The van der Waals surface area contributed by atoms with Crippen molar-refractivity contribution in [1.82, 2.24) is 10.2 Å². The number of nitrogens with two attached hydrogens (primary N) is 1. The average molecular weight is 218 g/mol. The smallest absolute Gasteiger partial charge is 0.278 e. The number of rotatable bonds is 3. The molecule has 3 N–H and O–H groups in total. The highest BCUT2D eigenvalue weighted by Crippen LogP contribution is 2.27. The molecule has 0 unspecified atom stereocenters. The fraction of sp³-hybridized carbons (Fsp3) is 0.100. The van der Waals surface area contributed by atoms with Gasteiger partial charge in [-0.05, 0) is 12.1 Å². The van der Waals surface area contributed by atoms with Crippen molar-refractivity contribution in [1.29, 1.82) is 0 Å². The number of hydrogen-bond donors (Lipinski definition) is 2. The van der Waals surface area contributed by atoms with Crippen molar-refractivity contribution in [3.63, 3.8) is 0 Å². The maximum Gasteiger partial charge on any atom is 0.278 e. The van der Waals surface area contributed by atoms with E-state index in [4.69, 9.17) is 5.73 Å². The van der Waals surface area contributed by atoms with Gasteiger partial charge in [0, 0.05) is 18.3 Å². The SMILES string of the molecule is NCc1cc(-c2ccccc2[N+](=O)[O-])n[nH]1. The molecule has 1 aromatic heterocycles. The van der Waals surface area contributed by atoms with E-state index in [0.717, 1.165) is 5.69 Å². The second-order valence-corrected chi connectivity index (χ2v) is 3.26. The summed E-state index contributed by atoms with van der Waals surface area (Å²) in [6.45, 7) is 0.327. The van der Waals surface area contributed by atoms with Gasteiger partial charge < -0.3 is 5.73 Å². The van der Waals surface area contributed by atoms with Crippen LogP contribution < -0.4 is 5.73 Å². The summed E-state index contributed by atoms with van der Waals surface area (Å²) in [5.74, 6) is 0. The van der Waals surface area contributed by atoms with Gasteiger partial charge in [-0.15, -0.1) is 0 Å². The third-order valence-corrected chi connectivity index (χ3v) is 2.23. The molecule has 0 aliphatic rings. The Morgan fingerprint density at radius 3 is 2.81 bits per heavy atom. The van der Waals surface area contributed by atoms with E-state index in [-0.39, 0.29) is 5.69 Å². The van der Waals surface area contributed by atoms with Crippen LogP contribution in [0.5, 0.6) is 0 Å². The van der Waals surface area contributed by atoms with Crippen LogP contribution in [0.4, 0.5) is 5.69 Å². The lowest BCUT2D eigenvalue weighted by atomic mass is 10.1. The van der Waals surface area contributed by atoms with E-state index in [1.807, 2.05) is 0 Å². The van der Waals surface area contributed by atoms with Crippen LogP contribution in [0.15, 0.2) is 30.3 Å². The number of hydrogen-bond acceptors (Lipinski definition) is 4. The molecule has 16 heavy (non-hydrogen) atoms. The van der Waals surface area contributed by atoms with Crippen molar-refractivity contribution in [2.45, 2.75) is 6.54 Å². The predicted octanol–water partition coefficient (Wildman–Crippen LogP) is 1.44. The molecule has 0 aliphatic carbocycles. The summed E-state index contributed by atoms with van der Waals surface area (Å²) in [5.41, 5.74) is 7.24. The van der Waals surface area contributed by atoms with Crippen LogP contribution in [0.1, 0.15) is 5.69 Å². The van der Waals surface area contributed by atoms with Gasteiger partial charge in [0.25, 0.3) is 5.69 Å². The van der Waals surface area contributed by atoms with Crippen LogP contribution in [-0.2, 0) is 6.54 Å². The van der Waals surface area contributed by atoms with Gasteiger partial charge in [-0.1, -0.05) is 12.1 Å². The van der Waals surface area contributed by atoms with Crippen LogP contribution in [0.3, 0.4) is 0 Å². The first-order valence-corrected chi connectivity index (χ1v) is 4.70. The number of nitrogens with one attached hydrogen (secondary N) is 1. The van der Waals surface area contributed by atoms with E-state index in [1.54, 1.807) is 24.3 Å². The molecule has 0 bridgehead atoms. The van der Waals surface area contributed by atoms with Crippen LogP contribution in [-0.4, -0.2) is 15.1 Å². The van der Waals surface area contributed by atoms with Crippen LogP contribution in [0.2, 0.25) is 0 Å². The number of para-hydroxylation sites is 1. The maximum absolute atomic E-state index is 10.8. The van der Waals surface area contributed by atoms with Crippen molar-refractivity contribution in [2.24, 2.45) is 5.73 Å². The zero-order valence-electron chi connectivity index (χ0n) is 8.38. The second-order valence-electron chi connectivity index (χ2n) is 3.26. The summed E-state index contributed by atoms with van der Waals surface area (Å²) in [4.78, 5) is 10.4. The number of nitrogens with zero attached hydrogens (tertiary/aromatic N) is 2. The van der Waals surface area contributed by atoms with Crippen LogP contribution in [0.25, 0.3) is 11.3 Å². The summed E-state index contributed by atoms with van der Waals surface area (Å²) >= 11 is 0. The molecule has 0 aliphatic heterocycles. The van der Waals surface area contributed by atoms with E-state index < -0.39 is 4.92 Å². The molecular formula is C10H10N4O2. The van der Waals surface area contributed by atoms with Gasteiger partial charge in [-0.25, -0.2) is 0 Å². The van der Waals surface area contributed by atoms with Crippen molar-refractivity contribution in [3.05, 3.63) is 46.1 Å². The molecular weight excluding hydrogens is 208 g/mol. The van der Waals surface area contributed by atoms with Crippen molar-refractivity contribution < 1.29 is 4.92 Å². The Labute approximate surface area is 91.2 Å². The summed E-state index contributed by atoms with van der Waals surface area (Å²) in [5, 5.41) is 17.5. The molecule has 0 amide bonds. The van der Waals surface area contributed by atoms with Gasteiger partial charge >= 0.3 is 0 Å². The lowest BCUT2D eigenvalue weighted by Crippen LogP contribution is -1.95. The highest BCUT2D eigenvalue weighted by Gasteiger charge is 2.16. The number of H-pyrrole nitrogens is 1. The van der Waals surface area contributed by atoms with Gasteiger partial charge in [0.1, 0.15) is 0 Å². The standard InChI is InChI=1S/C10H10N4O2/c11-6-7-5-9(13-12-7)8-3-1-2-4-10(8)14(15)16/h1-5H,6,11H2,(H,12,13). The molecule has 1 heterocycles. The minimum absolute atomic E-state index is 0.0394. The van der Waals surface area contributed by atoms with E-state index >= 15 is 0 Å². The summed E-state index contributed by atoms with van der Waals surface area (Å²) in [6, 6.07) is 8.18. The van der Waals surface area contributed by atoms with E-state index in [0.29, 0.717) is 17.8 Å². The predicted molar refractivity (Wildman–Crippen MR) is 58.6 cm³/mol. The first kappa shape index (κ1) is 10.3. The monoisotopic (exact) mass is 218 g/mol. The fourth-order valence-electron chi connectivity index (χ4n) is 1.45. The molecule has 0 saturated heterocycles. The highest BCUT2D eigenvalue weighted by molar-refractivity contribution is 5.70. The number of aromatic nitrogens is 2. The number of benzene rings is 1. The third kappa shape index (κ3) is 1.78. The minimum atomic E-state index is -0.424. The molecule has 82 valence electrons. The van der Waals surface area contributed by atoms with Gasteiger partial charge in [0.15, 0.2) is 0 Å². The Kier molecular flexibility index (Phi) is 2.65. The van der Waals surface area contributed by atoms with Crippen molar-refractivity contribution >= 4 is 5.69 Å². The van der Waals surface area contributed by atoms with Crippen molar-refractivity contribution in [3.8, 4) is 11.3 Å². The molecule has 0 spiro atoms. The van der Waals surface area contributed by atoms with Crippen molar-refractivity contribution in [2.75, 3.05) is 0 Å². The van der Waals surface area contributed by atoms with Gasteiger partial charge in [-0.3, -0.25) is 15.2 Å². The zero-order chi connectivity index (χ0) is 11.5. The maximum atomic E-state index is 10.8. The van der Waals surface area contributed by atoms with Crippen LogP contribution >= 0.6 is 0 Å². The normalized spacial score (nSPS) is 10.3. The third-order valence-electron chi connectivity index (χ3n) is 2.23. The Morgan fingerprint density at radius 1 is 1.44 bits per heavy atom. The fourth-order valence-corrected chi connectivity index (χ4v) is 1.45. The first-order valence-electron chi connectivity index (χ1n) is 4.70. The number of aromatic amines is 1. The Hall–Kier alpha value is -2.21. The second kappa shape index (κ2) is 4.11. The largest absolute Gasteiger partial charge is 0.325 e. The van der Waals surface area contributed by atoms with Gasteiger partial charge in [0.2, 0.25) is 0 Å². The molecule has 0 radical (unpaired) electrons. The quantitative estimate of drug-likeness (QED) is 0.601. The topological polar surface area (TPSA) is 97.8 Å². The molecule has 0 saturated carbocycles. The molecule has 6 heteroatoms. The lowest BCUT2D eigenvalue weighted by Gasteiger charge is -1.97. The molecule has 0 atom stereocenters. The van der Waals surface area contributed by atoms with E-state index in [2.05, 4.69) is 10.2 Å². The van der Waals surface area contributed by atoms with E-state index in [1.165, 1.54) is 6.07 Å². The van der Waals surface area contributed by atoms with Crippen LogP contribution in [0, 0.1) is 10.1 Å². The minimum Gasteiger partial charge on any atom is -0.325 e. The number of nitro groups is 1. The molecule has 6 nitrogen and oxygen atoms in total. The zero-order valence-corrected chi connectivity index (χ0v) is 8.38. The Balaban J connectivity index is 2.50. The summed E-state index contributed by atoms with van der Waals surface area (Å²) in [7, 11) is 0. The molecule has 0 fully saturated rings. The molecule has 2 rings (SSSR count). The summed E-state index contributed by atoms with van der Waals surface area (Å²) < 4.78 is 0. The van der Waals surface area contributed by atoms with E-state index in [9.17, 15) is 10.1 Å². The summed E-state index contributed by atoms with van der Waals surface area (Å²) in [6.07, 6.45) is 0. The molecule has 2 aromatic rings. The first-order chi connectivity index (χ1) is 7.72. The average Bonchev–Trinajstić information content (AvgIpc) is 2.77. The Morgan fingerprint density at radius 2 is 2.19 bits per heavy atom. The molecule has 1 aromatic carbocycles.